The van der Waals surface area contributed by atoms with Gasteiger partial charge in [-0.3, -0.25) is 0 Å². The molecule has 0 amide bonds. The summed E-state index contributed by atoms with van der Waals surface area (Å²) in [6, 6.07) is 0. The Balaban J connectivity index is 4.00. The van der Waals surface area contributed by atoms with E-state index >= 15 is 0 Å². The van der Waals surface area contributed by atoms with Crippen molar-refractivity contribution < 1.29 is 10.2 Å². The van der Waals surface area contributed by atoms with Crippen LogP contribution < -0.4 is 0 Å². The molecule has 0 aliphatic carbocycles. The zero-order valence-electron chi connectivity index (χ0n) is 7.49. The van der Waals surface area contributed by atoms with E-state index in [-0.39, 0.29) is 11.8 Å². The van der Waals surface area contributed by atoms with Crippen molar-refractivity contribution in [2.45, 2.75) is 33.0 Å². The van der Waals surface area contributed by atoms with Gasteiger partial charge in [0.05, 0.1) is 12.2 Å². The summed E-state index contributed by atoms with van der Waals surface area (Å²) in [4.78, 5) is 0. The first-order chi connectivity index (χ1) is 5.00. The molecule has 0 heterocycles. The van der Waals surface area contributed by atoms with Crippen molar-refractivity contribution in [2.24, 2.45) is 11.8 Å². The number of aliphatic hydroxyl groups is 2. The minimum atomic E-state index is -0.493. The van der Waals surface area contributed by atoms with Gasteiger partial charge in [-0.1, -0.05) is 19.9 Å². The van der Waals surface area contributed by atoms with Crippen molar-refractivity contribution in [3.63, 3.8) is 0 Å². The molecule has 11 heavy (non-hydrogen) atoms. The molecule has 2 heteroatoms. The zero-order valence-corrected chi connectivity index (χ0v) is 7.49. The second-order valence-electron chi connectivity index (χ2n) is 3.19. The summed E-state index contributed by atoms with van der Waals surface area (Å²) in [6.45, 7) is 8.98. The predicted molar refractivity (Wildman–Crippen MR) is 46.2 cm³/mol. The highest BCUT2D eigenvalue weighted by molar-refractivity contribution is 4.85. The molecule has 0 aliphatic rings. The van der Waals surface area contributed by atoms with Crippen LogP contribution in [-0.4, -0.2) is 22.4 Å². The van der Waals surface area contributed by atoms with E-state index in [4.69, 9.17) is 5.11 Å². The largest absolute Gasteiger partial charge is 0.393 e. The quantitative estimate of drug-likeness (QED) is 0.603. The van der Waals surface area contributed by atoms with Gasteiger partial charge in [0.25, 0.3) is 0 Å². The number of hydrogen-bond donors (Lipinski definition) is 2. The van der Waals surface area contributed by atoms with Gasteiger partial charge < -0.3 is 10.2 Å². The van der Waals surface area contributed by atoms with Crippen LogP contribution in [0.5, 0.6) is 0 Å². The summed E-state index contributed by atoms with van der Waals surface area (Å²) in [6.07, 6.45) is 0.740. The first-order valence-electron chi connectivity index (χ1n) is 3.99. The molecule has 0 rings (SSSR count). The standard InChI is InChI=1S/C9H18O2/c1-5-6(2)9(11)7(3)8(4)10/h5-11H,1H2,2-4H3/t6-,7+,8+,9-/m0/s1. The smallest absolute Gasteiger partial charge is 0.0650 e. The molecule has 4 atom stereocenters. The van der Waals surface area contributed by atoms with Crippen molar-refractivity contribution >= 4 is 0 Å². The van der Waals surface area contributed by atoms with E-state index in [1.807, 2.05) is 13.8 Å². The lowest BCUT2D eigenvalue weighted by atomic mass is 9.90. The van der Waals surface area contributed by atoms with Gasteiger partial charge in [-0.2, -0.15) is 0 Å². The maximum absolute atomic E-state index is 9.53. The fourth-order valence-corrected chi connectivity index (χ4v) is 0.904. The van der Waals surface area contributed by atoms with Crippen LogP contribution in [0, 0.1) is 11.8 Å². The van der Waals surface area contributed by atoms with Crippen LogP contribution in [0.2, 0.25) is 0 Å². The van der Waals surface area contributed by atoms with Crippen molar-refractivity contribution in [2.75, 3.05) is 0 Å². The third-order valence-corrected chi connectivity index (χ3v) is 2.21. The van der Waals surface area contributed by atoms with Crippen LogP contribution in [0.4, 0.5) is 0 Å². The molecule has 0 unspecified atom stereocenters. The summed E-state index contributed by atoms with van der Waals surface area (Å²) in [5, 5.41) is 18.7. The summed E-state index contributed by atoms with van der Waals surface area (Å²) in [5.41, 5.74) is 0. The summed E-state index contributed by atoms with van der Waals surface area (Å²) in [7, 11) is 0. The SMILES string of the molecule is C=C[C@H](C)[C@H](O)[C@H](C)[C@@H](C)O. The van der Waals surface area contributed by atoms with Crippen LogP contribution in [0.1, 0.15) is 20.8 Å². The Bertz CT molecular complexity index is 121. The molecular formula is C9H18O2. The third-order valence-electron chi connectivity index (χ3n) is 2.21. The second kappa shape index (κ2) is 4.52. The first-order valence-corrected chi connectivity index (χ1v) is 3.99. The first kappa shape index (κ1) is 10.7. The Hall–Kier alpha value is -0.340. The maximum Gasteiger partial charge on any atom is 0.0650 e. The molecule has 0 saturated carbocycles. The normalized spacial score (nSPS) is 21.9. The molecule has 2 nitrogen and oxygen atoms in total. The average Bonchev–Trinajstić information content (AvgIpc) is 2.00. The Kier molecular flexibility index (Phi) is 4.38. The van der Waals surface area contributed by atoms with Crippen LogP contribution in [-0.2, 0) is 0 Å². The monoisotopic (exact) mass is 158 g/mol. The van der Waals surface area contributed by atoms with Gasteiger partial charge in [0.1, 0.15) is 0 Å². The fourth-order valence-electron chi connectivity index (χ4n) is 0.904. The Morgan fingerprint density at radius 2 is 1.64 bits per heavy atom. The minimum Gasteiger partial charge on any atom is -0.393 e. The van der Waals surface area contributed by atoms with E-state index in [0.29, 0.717) is 0 Å². The molecule has 0 fully saturated rings. The fraction of sp³-hybridized carbons (Fsp3) is 0.778. The van der Waals surface area contributed by atoms with E-state index in [9.17, 15) is 5.11 Å². The molecule has 0 aromatic heterocycles. The number of hydrogen-bond acceptors (Lipinski definition) is 2. The van der Waals surface area contributed by atoms with Crippen LogP contribution in [0.15, 0.2) is 12.7 Å². The lowest BCUT2D eigenvalue weighted by molar-refractivity contribution is 0.0125. The van der Waals surface area contributed by atoms with E-state index < -0.39 is 12.2 Å². The maximum atomic E-state index is 9.53. The van der Waals surface area contributed by atoms with Gasteiger partial charge in [0, 0.05) is 11.8 Å². The van der Waals surface area contributed by atoms with E-state index in [1.54, 1.807) is 13.0 Å². The highest BCUT2D eigenvalue weighted by Crippen LogP contribution is 2.16. The molecule has 2 N–H and O–H groups in total. The van der Waals surface area contributed by atoms with Crippen LogP contribution >= 0.6 is 0 Å². The molecule has 0 spiro atoms. The molecular weight excluding hydrogens is 140 g/mol. The highest BCUT2D eigenvalue weighted by Gasteiger charge is 2.22. The van der Waals surface area contributed by atoms with Crippen molar-refractivity contribution in [3.05, 3.63) is 12.7 Å². The molecule has 66 valence electrons. The van der Waals surface area contributed by atoms with Gasteiger partial charge in [0.15, 0.2) is 0 Å². The van der Waals surface area contributed by atoms with Crippen LogP contribution in [0.3, 0.4) is 0 Å². The Labute approximate surface area is 68.6 Å². The summed E-state index contributed by atoms with van der Waals surface area (Å²) < 4.78 is 0. The van der Waals surface area contributed by atoms with Crippen molar-refractivity contribution in [3.8, 4) is 0 Å². The summed E-state index contributed by atoms with van der Waals surface area (Å²) in [5.74, 6) is -0.0531. The van der Waals surface area contributed by atoms with Gasteiger partial charge in [-0.05, 0) is 6.92 Å². The number of rotatable bonds is 4. The molecule has 0 bridgehead atoms. The number of aliphatic hydroxyl groups excluding tert-OH is 2. The second-order valence-corrected chi connectivity index (χ2v) is 3.19. The van der Waals surface area contributed by atoms with E-state index in [2.05, 4.69) is 6.58 Å². The molecule has 0 saturated heterocycles. The van der Waals surface area contributed by atoms with Crippen molar-refractivity contribution in [1.29, 1.82) is 0 Å². The van der Waals surface area contributed by atoms with E-state index in [1.165, 1.54) is 0 Å². The molecule has 0 radical (unpaired) electrons. The predicted octanol–water partition coefficient (Wildman–Crippen LogP) is 1.19. The van der Waals surface area contributed by atoms with Gasteiger partial charge in [0.2, 0.25) is 0 Å². The van der Waals surface area contributed by atoms with Crippen molar-refractivity contribution in [1.82, 2.24) is 0 Å². The van der Waals surface area contributed by atoms with Gasteiger partial charge >= 0.3 is 0 Å². The Morgan fingerprint density at radius 1 is 1.18 bits per heavy atom. The minimum absolute atomic E-state index is 0.0413. The lowest BCUT2D eigenvalue weighted by Crippen LogP contribution is -2.31. The lowest BCUT2D eigenvalue weighted by Gasteiger charge is -2.24. The highest BCUT2D eigenvalue weighted by atomic mass is 16.3. The van der Waals surface area contributed by atoms with Crippen LogP contribution in [0.25, 0.3) is 0 Å². The average molecular weight is 158 g/mol. The molecule has 0 aromatic carbocycles. The summed E-state index contributed by atoms with van der Waals surface area (Å²) >= 11 is 0. The van der Waals surface area contributed by atoms with Gasteiger partial charge in [-0.15, -0.1) is 6.58 Å². The van der Waals surface area contributed by atoms with E-state index in [0.717, 1.165) is 0 Å². The van der Waals surface area contributed by atoms with Gasteiger partial charge in [-0.25, -0.2) is 0 Å². The molecule has 0 aromatic rings. The molecule has 0 aliphatic heterocycles. The zero-order chi connectivity index (χ0) is 9.02. The topological polar surface area (TPSA) is 40.5 Å². The Morgan fingerprint density at radius 3 is 1.91 bits per heavy atom. The third kappa shape index (κ3) is 3.04.